The largest absolute Gasteiger partial charge is 0.356 e. The second-order valence-corrected chi connectivity index (χ2v) is 3.82. The monoisotopic (exact) mass is 246 g/mol. The number of nitrogens with one attached hydrogen (secondary N) is 2. The lowest BCUT2D eigenvalue weighted by molar-refractivity contribution is 0.101. The molecule has 0 saturated heterocycles. The van der Waals surface area contributed by atoms with Gasteiger partial charge in [-0.25, -0.2) is 4.39 Å². The Bertz CT molecular complexity index is 587. The van der Waals surface area contributed by atoms with Gasteiger partial charge in [-0.1, -0.05) is 0 Å². The zero-order valence-corrected chi connectivity index (χ0v) is 9.66. The number of halogens is 1. The van der Waals surface area contributed by atoms with Crippen molar-refractivity contribution in [3.05, 3.63) is 53.6 Å². The number of amides is 1. The van der Waals surface area contributed by atoms with Crippen molar-refractivity contribution in [2.45, 2.75) is 6.92 Å². The molecule has 0 atom stereocenters. The Hall–Kier alpha value is -2.43. The smallest absolute Gasteiger partial charge is 0.272 e. The van der Waals surface area contributed by atoms with Crippen LogP contribution in [0, 0.1) is 5.82 Å². The van der Waals surface area contributed by atoms with Gasteiger partial charge in [0.05, 0.1) is 0 Å². The Morgan fingerprint density at radius 3 is 2.44 bits per heavy atom. The lowest BCUT2D eigenvalue weighted by atomic mass is 10.2. The molecule has 5 heteroatoms. The number of carbonyl (C=O) groups excluding carboxylic acids is 2. The van der Waals surface area contributed by atoms with Crippen LogP contribution in [0.25, 0.3) is 0 Å². The fourth-order valence-corrected chi connectivity index (χ4v) is 1.46. The van der Waals surface area contributed by atoms with Gasteiger partial charge in [0.25, 0.3) is 5.91 Å². The number of hydrogen-bond donors (Lipinski definition) is 2. The van der Waals surface area contributed by atoms with E-state index in [1.807, 2.05) is 0 Å². The van der Waals surface area contributed by atoms with Crippen molar-refractivity contribution in [2.75, 3.05) is 5.32 Å². The third-order valence-corrected chi connectivity index (χ3v) is 2.44. The number of rotatable bonds is 3. The molecule has 0 aliphatic heterocycles. The molecule has 0 aliphatic carbocycles. The number of H-pyrrole nitrogens is 1. The van der Waals surface area contributed by atoms with Gasteiger partial charge in [0.1, 0.15) is 11.5 Å². The van der Waals surface area contributed by atoms with Crippen LogP contribution in [0.3, 0.4) is 0 Å². The summed E-state index contributed by atoms with van der Waals surface area (Å²) in [4.78, 5) is 25.6. The zero-order chi connectivity index (χ0) is 13.1. The van der Waals surface area contributed by atoms with E-state index in [9.17, 15) is 14.0 Å². The average molecular weight is 246 g/mol. The van der Waals surface area contributed by atoms with Crippen LogP contribution in [0.1, 0.15) is 27.8 Å². The van der Waals surface area contributed by atoms with Gasteiger partial charge in [0.15, 0.2) is 5.78 Å². The molecule has 1 aromatic heterocycles. The molecule has 92 valence electrons. The number of aromatic amines is 1. The first-order chi connectivity index (χ1) is 8.56. The van der Waals surface area contributed by atoms with Gasteiger partial charge >= 0.3 is 0 Å². The molecule has 1 amide bonds. The summed E-state index contributed by atoms with van der Waals surface area (Å²) >= 11 is 0. The van der Waals surface area contributed by atoms with E-state index in [0.29, 0.717) is 11.3 Å². The van der Waals surface area contributed by atoms with Crippen molar-refractivity contribution in [1.82, 2.24) is 4.98 Å². The average Bonchev–Trinajstić information content (AvgIpc) is 2.81. The molecule has 2 rings (SSSR count). The molecular formula is C13H11FN2O2. The highest BCUT2D eigenvalue weighted by molar-refractivity contribution is 6.05. The third-order valence-electron chi connectivity index (χ3n) is 2.44. The van der Waals surface area contributed by atoms with Gasteiger partial charge in [-0.2, -0.15) is 0 Å². The highest BCUT2D eigenvalue weighted by Crippen LogP contribution is 2.11. The van der Waals surface area contributed by atoms with Gasteiger partial charge in [0.2, 0.25) is 0 Å². The van der Waals surface area contributed by atoms with Crippen LogP contribution in [0.5, 0.6) is 0 Å². The zero-order valence-electron chi connectivity index (χ0n) is 9.66. The molecule has 18 heavy (non-hydrogen) atoms. The quantitative estimate of drug-likeness (QED) is 0.818. The van der Waals surface area contributed by atoms with Crippen LogP contribution in [0.4, 0.5) is 10.1 Å². The molecule has 2 N–H and O–H groups in total. The molecule has 2 aromatic rings. The fourth-order valence-electron chi connectivity index (χ4n) is 1.46. The number of Topliss-reactive ketones (excluding diaryl/α,β-unsaturated/α-hetero) is 1. The van der Waals surface area contributed by atoms with E-state index in [2.05, 4.69) is 10.3 Å². The molecule has 0 fully saturated rings. The topological polar surface area (TPSA) is 62.0 Å². The summed E-state index contributed by atoms with van der Waals surface area (Å²) in [7, 11) is 0. The first-order valence-corrected chi connectivity index (χ1v) is 5.32. The van der Waals surface area contributed by atoms with Gasteiger partial charge in [-0.05, 0) is 37.3 Å². The van der Waals surface area contributed by atoms with Crippen molar-refractivity contribution >= 4 is 17.4 Å². The molecular weight excluding hydrogens is 235 g/mol. The summed E-state index contributed by atoms with van der Waals surface area (Å²) < 4.78 is 12.7. The molecule has 0 unspecified atom stereocenters. The maximum absolute atomic E-state index is 12.7. The van der Waals surface area contributed by atoms with Crippen LogP contribution >= 0.6 is 0 Å². The van der Waals surface area contributed by atoms with E-state index in [1.54, 1.807) is 0 Å². The van der Waals surface area contributed by atoms with Crippen LogP contribution in [0.2, 0.25) is 0 Å². The Kier molecular flexibility index (Phi) is 3.23. The number of hydrogen-bond acceptors (Lipinski definition) is 2. The molecule has 0 spiro atoms. The lowest BCUT2D eigenvalue weighted by Gasteiger charge is -2.02. The first kappa shape index (κ1) is 12.0. The van der Waals surface area contributed by atoms with E-state index in [4.69, 9.17) is 0 Å². The molecule has 0 aliphatic rings. The van der Waals surface area contributed by atoms with E-state index in [-0.39, 0.29) is 23.2 Å². The first-order valence-electron chi connectivity index (χ1n) is 5.32. The number of benzene rings is 1. The van der Waals surface area contributed by atoms with Crippen molar-refractivity contribution in [1.29, 1.82) is 0 Å². The summed E-state index contributed by atoms with van der Waals surface area (Å²) in [6.07, 6.45) is 1.47. The normalized spacial score (nSPS) is 10.1. The van der Waals surface area contributed by atoms with Gasteiger partial charge in [0, 0.05) is 17.4 Å². The summed E-state index contributed by atoms with van der Waals surface area (Å²) in [6, 6.07) is 6.90. The van der Waals surface area contributed by atoms with E-state index >= 15 is 0 Å². The van der Waals surface area contributed by atoms with Gasteiger partial charge in [-0.15, -0.1) is 0 Å². The second-order valence-electron chi connectivity index (χ2n) is 3.82. The predicted molar refractivity (Wildman–Crippen MR) is 65.2 cm³/mol. The van der Waals surface area contributed by atoms with Crippen LogP contribution in [-0.4, -0.2) is 16.7 Å². The molecule has 4 nitrogen and oxygen atoms in total. The maximum atomic E-state index is 12.7. The summed E-state index contributed by atoms with van der Waals surface area (Å²) in [5.41, 5.74) is 1.21. The van der Waals surface area contributed by atoms with Crippen molar-refractivity contribution in [3.63, 3.8) is 0 Å². The standard InChI is InChI=1S/C13H11FN2O2/c1-8(17)9-6-12(15-7-9)13(18)16-11-4-2-10(14)3-5-11/h2-7,15H,1H3,(H,16,18). The summed E-state index contributed by atoms with van der Waals surface area (Å²) in [6.45, 7) is 1.42. The molecule has 1 aromatic carbocycles. The highest BCUT2D eigenvalue weighted by Gasteiger charge is 2.10. The molecule has 0 saturated carbocycles. The van der Waals surface area contributed by atoms with Crippen LogP contribution in [-0.2, 0) is 0 Å². The number of ketones is 1. The van der Waals surface area contributed by atoms with Crippen LogP contribution in [0.15, 0.2) is 36.5 Å². The summed E-state index contributed by atoms with van der Waals surface area (Å²) in [5.74, 6) is -0.868. The SMILES string of the molecule is CC(=O)c1c[nH]c(C(=O)Nc2ccc(F)cc2)c1. The number of aromatic nitrogens is 1. The van der Waals surface area contributed by atoms with E-state index in [1.165, 1.54) is 43.5 Å². The summed E-state index contributed by atoms with van der Waals surface area (Å²) in [5, 5.41) is 2.59. The fraction of sp³-hybridized carbons (Fsp3) is 0.0769. The number of anilines is 1. The minimum atomic E-state index is -0.380. The highest BCUT2D eigenvalue weighted by atomic mass is 19.1. The van der Waals surface area contributed by atoms with Gasteiger partial charge in [-0.3, -0.25) is 9.59 Å². The minimum absolute atomic E-state index is 0.118. The van der Waals surface area contributed by atoms with Crippen molar-refractivity contribution in [3.8, 4) is 0 Å². The van der Waals surface area contributed by atoms with Crippen molar-refractivity contribution in [2.24, 2.45) is 0 Å². The number of carbonyl (C=O) groups is 2. The van der Waals surface area contributed by atoms with Crippen molar-refractivity contribution < 1.29 is 14.0 Å². The molecule has 1 heterocycles. The Morgan fingerprint density at radius 2 is 1.89 bits per heavy atom. The predicted octanol–water partition coefficient (Wildman–Crippen LogP) is 2.61. The molecule has 0 bridgehead atoms. The molecule has 0 radical (unpaired) electrons. The Balaban J connectivity index is 2.11. The van der Waals surface area contributed by atoms with E-state index < -0.39 is 0 Å². The second kappa shape index (κ2) is 4.83. The minimum Gasteiger partial charge on any atom is -0.356 e. The lowest BCUT2D eigenvalue weighted by Crippen LogP contribution is -2.12. The Labute approximate surface area is 103 Å². The van der Waals surface area contributed by atoms with Crippen LogP contribution < -0.4 is 5.32 Å². The van der Waals surface area contributed by atoms with Gasteiger partial charge < -0.3 is 10.3 Å². The maximum Gasteiger partial charge on any atom is 0.272 e. The Morgan fingerprint density at radius 1 is 1.22 bits per heavy atom. The van der Waals surface area contributed by atoms with E-state index in [0.717, 1.165) is 0 Å². The third kappa shape index (κ3) is 2.63.